The lowest BCUT2D eigenvalue weighted by Gasteiger charge is -2.37. The molecular weight excluding hydrogens is 370 g/mol. The van der Waals surface area contributed by atoms with Gasteiger partial charge in [0.25, 0.3) is 5.91 Å². The minimum Gasteiger partial charge on any atom is -0.381 e. The van der Waals surface area contributed by atoms with Crippen LogP contribution in [-0.2, 0) is 9.47 Å². The molecule has 2 atom stereocenters. The van der Waals surface area contributed by atoms with Crippen LogP contribution in [0.15, 0.2) is 22.2 Å². The van der Waals surface area contributed by atoms with Crippen molar-refractivity contribution in [2.24, 2.45) is 5.92 Å². The van der Waals surface area contributed by atoms with Gasteiger partial charge in [0.05, 0.1) is 19.8 Å². The monoisotopic (exact) mass is 393 g/mol. The second kappa shape index (κ2) is 8.58. The number of rotatable bonds is 6. The zero-order valence-electron chi connectivity index (χ0n) is 14.6. The van der Waals surface area contributed by atoms with E-state index in [2.05, 4.69) is 20.6 Å². The van der Waals surface area contributed by atoms with Gasteiger partial charge in [0.1, 0.15) is 10.7 Å². The summed E-state index contributed by atoms with van der Waals surface area (Å²) in [5, 5.41) is 9.91. The van der Waals surface area contributed by atoms with Crippen LogP contribution in [0.2, 0.25) is 0 Å². The van der Waals surface area contributed by atoms with Gasteiger partial charge in [0.15, 0.2) is 0 Å². The van der Waals surface area contributed by atoms with E-state index in [0.29, 0.717) is 24.2 Å². The second-order valence-corrected chi connectivity index (χ2v) is 8.24. The molecule has 0 aliphatic carbocycles. The van der Waals surface area contributed by atoms with Gasteiger partial charge < -0.3 is 14.8 Å². The van der Waals surface area contributed by atoms with Crippen molar-refractivity contribution in [3.05, 3.63) is 27.9 Å². The number of thiophene rings is 1. The molecule has 0 unspecified atom stereocenters. The highest BCUT2D eigenvalue weighted by atomic mass is 32.1. The van der Waals surface area contributed by atoms with Crippen molar-refractivity contribution in [2.45, 2.75) is 12.5 Å². The molecule has 2 aliphatic heterocycles. The summed E-state index contributed by atoms with van der Waals surface area (Å²) in [6.45, 7) is 5.55. The fourth-order valence-corrected chi connectivity index (χ4v) is 5.06. The van der Waals surface area contributed by atoms with Crippen LogP contribution in [0, 0.1) is 5.92 Å². The van der Waals surface area contributed by atoms with Gasteiger partial charge in [-0.15, -0.1) is 11.3 Å². The minimum atomic E-state index is -0.0973. The lowest BCUT2D eigenvalue weighted by molar-refractivity contribution is 0.00165. The molecule has 2 fully saturated rings. The van der Waals surface area contributed by atoms with E-state index >= 15 is 0 Å². The first-order valence-corrected chi connectivity index (χ1v) is 10.8. The fourth-order valence-electron chi connectivity index (χ4n) is 3.54. The average Bonchev–Trinajstić information content (AvgIpc) is 3.43. The van der Waals surface area contributed by atoms with E-state index in [4.69, 9.17) is 9.47 Å². The predicted molar refractivity (Wildman–Crippen MR) is 103 cm³/mol. The van der Waals surface area contributed by atoms with E-state index < -0.39 is 0 Å². The fraction of sp³-hybridized carbons (Fsp3) is 0.556. The van der Waals surface area contributed by atoms with Crippen molar-refractivity contribution in [3.63, 3.8) is 0 Å². The Labute approximate surface area is 161 Å². The Morgan fingerprint density at radius 2 is 2.19 bits per heavy atom. The van der Waals surface area contributed by atoms with Gasteiger partial charge in [-0.3, -0.25) is 9.69 Å². The molecule has 1 amide bonds. The molecule has 2 aromatic heterocycles. The predicted octanol–water partition coefficient (Wildman–Crippen LogP) is 2.34. The van der Waals surface area contributed by atoms with E-state index in [0.717, 1.165) is 56.5 Å². The minimum absolute atomic E-state index is 0.0973. The van der Waals surface area contributed by atoms with Gasteiger partial charge in [-0.1, -0.05) is 0 Å². The second-order valence-electron chi connectivity index (χ2n) is 6.60. The lowest BCUT2D eigenvalue weighted by Crippen LogP contribution is -2.52. The number of carbonyl (C=O) groups is 1. The molecule has 2 aliphatic rings. The molecule has 4 rings (SSSR count). The first-order valence-electron chi connectivity index (χ1n) is 8.97. The van der Waals surface area contributed by atoms with Crippen LogP contribution in [0.25, 0.3) is 10.6 Å². The third kappa shape index (κ3) is 4.15. The smallest absolute Gasteiger partial charge is 0.270 e. The molecule has 2 aromatic rings. The molecule has 0 spiro atoms. The zero-order valence-corrected chi connectivity index (χ0v) is 16.2. The summed E-state index contributed by atoms with van der Waals surface area (Å²) in [6, 6.07) is 2.32. The summed E-state index contributed by atoms with van der Waals surface area (Å²) >= 11 is 3.15. The Morgan fingerprint density at radius 1 is 1.31 bits per heavy atom. The number of nitrogens with zero attached hydrogens (tertiary/aromatic N) is 2. The van der Waals surface area contributed by atoms with Crippen molar-refractivity contribution < 1.29 is 14.3 Å². The van der Waals surface area contributed by atoms with Crippen molar-refractivity contribution in [2.75, 3.05) is 46.1 Å². The van der Waals surface area contributed by atoms with Gasteiger partial charge in [-0.25, -0.2) is 4.98 Å². The van der Waals surface area contributed by atoms with E-state index in [9.17, 15) is 4.79 Å². The number of hydrogen-bond acceptors (Lipinski definition) is 7. The van der Waals surface area contributed by atoms with Crippen molar-refractivity contribution in [1.82, 2.24) is 15.2 Å². The molecule has 0 bridgehead atoms. The van der Waals surface area contributed by atoms with Crippen molar-refractivity contribution in [1.29, 1.82) is 0 Å². The quantitative estimate of drug-likeness (QED) is 0.816. The highest BCUT2D eigenvalue weighted by Gasteiger charge is 2.32. The number of hydrogen-bond donors (Lipinski definition) is 1. The summed E-state index contributed by atoms with van der Waals surface area (Å²) in [5.74, 6) is 0.366. The van der Waals surface area contributed by atoms with Gasteiger partial charge >= 0.3 is 0 Å². The SMILES string of the molecule is O=C(NC[C@@H]([C@@H]1CCOC1)N1CCOCC1)c1csc(-c2ccsc2)n1. The maximum atomic E-state index is 12.6. The maximum Gasteiger partial charge on any atom is 0.270 e. The van der Waals surface area contributed by atoms with Gasteiger partial charge in [0.2, 0.25) is 0 Å². The van der Waals surface area contributed by atoms with Crippen LogP contribution >= 0.6 is 22.7 Å². The summed E-state index contributed by atoms with van der Waals surface area (Å²) in [5.41, 5.74) is 1.58. The third-order valence-electron chi connectivity index (χ3n) is 5.00. The number of nitrogens with one attached hydrogen (secondary N) is 1. The summed E-state index contributed by atoms with van der Waals surface area (Å²) < 4.78 is 11.1. The average molecular weight is 394 g/mol. The summed E-state index contributed by atoms with van der Waals surface area (Å²) in [6.07, 6.45) is 1.05. The van der Waals surface area contributed by atoms with Crippen LogP contribution in [0.3, 0.4) is 0 Å². The molecular formula is C18H23N3O3S2. The Bertz CT molecular complexity index is 707. The molecule has 26 heavy (non-hydrogen) atoms. The van der Waals surface area contributed by atoms with E-state index in [1.807, 2.05) is 16.8 Å². The molecule has 1 N–H and O–H groups in total. The molecule has 6 nitrogen and oxygen atoms in total. The van der Waals surface area contributed by atoms with Gasteiger partial charge in [-0.2, -0.15) is 11.3 Å². The van der Waals surface area contributed by atoms with Crippen LogP contribution in [0.1, 0.15) is 16.9 Å². The van der Waals surface area contributed by atoms with Crippen LogP contribution < -0.4 is 5.32 Å². The van der Waals surface area contributed by atoms with E-state index in [1.165, 1.54) is 11.3 Å². The Hall–Kier alpha value is -1.32. The number of amides is 1. The first kappa shape index (κ1) is 18.1. The van der Waals surface area contributed by atoms with Crippen LogP contribution in [0.5, 0.6) is 0 Å². The van der Waals surface area contributed by atoms with Crippen LogP contribution in [0.4, 0.5) is 0 Å². The summed E-state index contributed by atoms with van der Waals surface area (Å²) in [7, 11) is 0. The van der Waals surface area contributed by atoms with E-state index in [-0.39, 0.29) is 5.91 Å². The number of thiazole rings is 1. The molecule has 2 saturated heterocycles. The van der Waals surface area contributed by atoms with E-state index in [1.54, 1.807) is 11.3 Å². The normalized spacial score (nSPS) is 22.4. The number of ether oxygens (including phenoxy) is 2. The first-order chi connectivity index (χ1) is 12.8. The Balaban J connectivity index is 1.39. The largest absolute Gasteiger partial charge is 0.381 e. The topological polar surface area (TPSA) is 63.7 Å². The Kier molecular flexibility index (Phi) is 5.96. The number of carbonyl (C=O) groups excluding carboxylic acids is 1. The highest BCUT2D eigenvalue weighted by Crippen LogP contribution is 2.26. The maximum absolute atomic E-state index is 12.6. The standard InChI is InChI=1S/C18H23N3O3S2/c22-17(15-12-26-18(20-15)14-2-8-25-11-14)19-9-16(13-1-5-24-10-13)21-3-6-23-7-4-21/h2,8,11-13,16H,1,3-7,9-10H2,(H,19,22)/t13-,16+/m1/s1. The molecule has 140 valence electrons. The Morgan fingerprint density at radius 3 is 2.92 bits per heavy atom. The van der Waals surface area contributed by atoms with Crippen molar-refractivity contribution >= 4 is 28.6 Å². The zero-order chi connectivity index (χ0) is 17.8. The van der Waals surface area contributed by atoms with Crippen LogP contribution in [-0.4, -0.2) is 67.9 Å². The lowest BCUT2D eigenvalue weighted by atomic mass is 9.97. The molecule has 8 heteroatoms. The molecule has 0 saturated carbocycles. The van der Waals surface area contributed by atoms with Gasteiger partial charge in [-0.05, 0) is 17.9 Å². The van der Waals surface area contributed by atoms with Gasteiger partial charge in [0, 0.05) is 54.5 Å². The number of morpholine rings is 1. The molecule has 4 heterocycles. The summed E-state index contributed by atoms with van der Waals surface area (Å²) in [4.78, 5) is 19.5. The molecule has 0 radical (unpaired) electrons. The van der Waals surface area contributed by atoms with Crippen molar-refractivity contribution in [3.8, 4) is 10.6 Å². The highest BCUT2D eigenvalue weighted by molar-refractivity contribution is 7.14. The number of aromatic nitrogens is 1. The molecule has 0 aromatic carbocycles. The third-order valence-corrected chi connectivity index (χ3v) is 6.58.